The van der Waals surface area contributed by atoms with Crippen LogP contribution in [0.2, 0.25) is 0 Å². The smallest absolute Gasteiger partial charge is 0.123 e. The lowest BCUT2D eigenvalue weighted by Crippen LogP contribution is -2.24. The lowest BCUT2D eigenvalue weighted by Gasteiger charge is -2.15. The first-order valence-corrected chi connectivity index (χ1v) is 6.57. The summed E-state index contributed by atoms with van der Waals surface area (Å²) in [5, 5.41) is 3.50. The monoisotopic (exact) mass is 235 g/mol. The minimum Gasteiger partial charge on any atom is -0.493 e. The van der Waals surface area contributed by atoms with Gasteiger partial charge >= 0.3 is 0 Å². The zero-order valence-electron chi connectivity index (χ0n) is 11.5. The Labute approximate surface area is 105 Å². The highest BCUT2D eigenvalue weighted by Gasteiger charge is 2.05. The summed E-state index contributed by atoms with van der Waals surface area (Å²) in [6.45, 7) is 10.4. The quantitative estimate of drug-likeness (QED) is 0.779. The third-order valence-corrected chi connectivity index (χ3v) is 2.80. The van der Waals surface area contributed by atoms with Crippen LogP contribution in [0, 0.1) is 5.92 Å². The van der Waals surface area contributed by atoms with E-state index < -0.39 is 0 Å². The van der Waals surface area contributed by atoms with Gasteiger partial charge in [0.2, 0.25) is 0 Å². The summed E-state index contributed by atoms with van der Waals surface area (Å²) in [5.41, 5.74) is 1.24. The summed E-state index contributed by atoms with van der Waals surface area (Å²) >= 11 is 0. The largest absolute Gasteiger partial charge is 0.493 e. The highest BCUT2D eigenvalue weighted by atomic mass is 16.5. The van der Waals surface area contributed by atoms with Crippen LogP contribution in [-0.2, 0) is 6.54 Å². The van der Waals surface area contributed by atoms with Gasteiger partial charge in [0.05, 0.1) is 6.61 Å². The highest BCUT2D eigenvalue weighted by Crippen LogP contribution is 2.18. The molecule has 0 heterocycles. The molecule has 1 aromatic carbocycles. The summed E-state index contributed by atoms with van der Waals surface area (Å²) in [4.78, 5) is 0. The molecule has 1 N–H and O–H groups in total. The van der Waals surface area contributed by atoms with Crippen molar-refractivity contribution >= 4 is 0 Å². The van der Waals surface area contributed by atoms with Crippen LogP contribution in [0.25, 0.3) is 0 Å². The molecular weight excluding hydrogens is 210 g/mol. The van der Waals surface area contributed by atoms with Crippen molar-refractivity contribution in [1.29, 1.82) is 0 Å². The van der Waals surface area contributed by atoms with Crippen molar-refractivity contribution < 1.29 is 4.74 Å². The Morgan fingerprint density at radius 2 is 1.88 bits per heavy atom. The number of hydrogen-bond donors (Lipinski definition) is 1. The molecule has 0 aliphatic rings. The summed E-state index contributed by atoms with van der Waals surface area (Å²) in [6, 6.07) is 8.83. The Hall–Kier alpha value is -1.02. The molecule has 0 amide bonds. The molecule has 1 atom stereocenters. The van der Waals surface area contributed by atoms with Crippen LogP contribution in [0.4, 0.5) is 0 Å². The van der Waals surface area contributed by atoms with Crippen LogP contribution in [0.5, 0.6) is 5.75 Å². The van der Waals surface area contributed by atoms with E-state index in [2.05, 4.69) is 51.2 Å². The average Bonchev–Trinajstić information content (AvgIpc) is 2.34. The summed E-state index contributed by atoms with van der Waals surface area (Å²) < 4.78 is 5.82. The standard InChI is InChI=1S/C15H25NO/c1-5-13(4)16-10-14-8-6-7-9-15(14)17-11-12(2)3/h6-9,12-13,16H,5,10-11H2,1-4H3. The van der Waals surface area contributed by atoms with Gasteiger partial charge in [-0.3, -0.25) is 0 Å². The molecule has 17 heavy (non-hydrogen) atoms. The van der Waals surface area contributed by atoms with Gasteiger partial charge in [0.1, 0.15) is 5.75 Å². The van der Waals surface area contributed by atoms with E-state index in [0.29, 0.717) is 12.0 Å². The van der Waals surface area contributed by atoms with E-state index in [-0.39, 0.29) is 0 Å². The van der Waals surface area contributed by atoms with Gasteiger partial charge in [0.15, 0.2) is 0 Å². The van der Waals surface area contributed by atoms with Gasteiger partial charge < -0.3 is 10.1 Å². The van der Waals surface area contributed by atoms with E-state index in [1.165, 1.54) is 5.56 Å². The predicted molar refractivity (Wildman–Crippen MR) is 73.4 cm³/mol. The van der Waals surface area contributed by atoms with Crippen LogP contribution in [0.1, 0.15) is 39.7 Å². The molecule has 1 rings (SSSR count). The second-order valence-corrected chi connectivity index (χ2v) is 5.00. The molecule has 0 spiro atoms. The summed E-state index contributed by atoms with van der Waals surface area (Å²) in [5.74, 6) is 1.57. The van der Waals surface area contributed by atoms with Gasteiger partial charge in [-0.1, -0.05) is 39.0 Å². The van der Waals surface area contributed by atoms with Crippen molar-refractivity contribution in [2.45, 2.75) is 46.7 Å². The summed E-state index contributed by atoms with van der Waals surface area (Å²) in [7, 11) is 0. The molecule has 0 radical (unpaired) electrons. The zero-order chi connectivity index (χ0) is 12.7. The molecule has 2 nitrogen and oxygen atoms in total. The average molecular weight is 235 g/mol. The van der Waals surface area contributed by atoms with E-state index in [4.69, 9.17) is 4.74 Å². The van der Waals surface area contributed by atoms with Crippen LogP contribution in [0.15, 0.2) is 24.3 Å². The van der Waals surface area contributed by atoms with Crippen LogP contribution < -0.4 is 10.1 Å². The fourth-order valence-electron chi connectivity index (χ4n) is 1.48. The SMILES string of the molecule is CCC(C)NCc1ccccc1OCC(C)C. The van der Waals surface area contributed by atoms with Gasteiger partial charge in [-0.05, 0) is 25.3 Å². The molecule has 0 saturated carbocycles. The highest BCUT2D eigenvalue weighted by molar-refractivity contribution is 5.33. The zero-order valence-corrected chi connectivity index (χ0v) is 11.5. The number of rotatable bonds is 7. The predicted octanol–water partition coefficient (Wildman–Crippen LogP) is 3.61. The van der Waals surface area contributed by atoms with Crippen molar-refractivity contribution in [2.24, 2.45) is 5.92 Å². The maximum atomic E-state index is 5.82. The van der Waals surface area contributed by atoms with Crippen molar-refractivity contribution in [3.05, 3.63) is 29.8 Å². The van der Waals surface area contributed by atoms with Crippen molar-refractivity contribution in [3.8, 4) is 5.75 Å². The van der Waals surface area contributed by atoms with E-state index in [1.54, 1.807) is 0 Å². The van der Waals surface area contributed by atoms with E-state index >= 15 is 0 Å². The molecule has 2 heteroatoms. The number of nitrogens with one attached hydrogen (secondary N) is 1. The number of para-hydroxylation sites is 1. The second-order valence-electron chi connectivity index (χ2n) is 5.00. The van der Waals surface area contributed by atoms with Gasteiger partial charge in [-0.2, -0.15) is 0 Å². The van der Waals surface area contributed by atoms with Crippen molar-refractivity contribution in [2.75, 3.05) is 6.61 Å². The molecule has 0 aliphatic heterocycles. The molecule has 96 valence electrons. The molecule has 0 fully saturated rings. The van der Waals surface area contributed by atoms with E-state index in [0.717, 1.165) is 25.3 Å². The van der Waals surface area contributed by atoms with Crippen molar-refractivity contribution in [3.63, 3.8) is 0 Å². The van der Waals surface area contributed by atoms with Gasteiger partial charge in [-0.15, -0.1) is 0 Å². The lowest BCUT2D eigenvalue weighted by molar-refractivity contribution is 0.267. The Morgan fingerprint density at radius 1 is 1.18 bits per heavy atom. The molecule has 0 bridgehead atoms. The Balaban J connectivity index is 2.57. The first-order chi connectivity index (χ1) is 8.13. The third kappa shape index (κ3) is 5.22. The third-order valence-electron chi connectivity index (χ3n) is 2.80. The number of benzene rings is 1. The van der Waals surface area contributed by atoms with Gasteiger partial charge in [-0.25, -0.2) is 0 Å². The Kier molecular flexibility index (Phi) is 6.06. The fraction of sp³-hybridized carbons (Fsp3) is 0.600. The minimum absolute atomic E-state index is 0.549. The Morgan fingerprint density at radius 3 is 2.53 bits per heavy atom. The molecule has 1 aromatic rings. The number of hydrogen-bond acceptors (Lipinski definition) is 2. The van der Waals surface area contributed by atoms with Crippen LogP contribution in [0.3, 0.4) is 0 Å². The molecule has 0 aliphatic carbocycles. The first kappa shape index (κ1) is 14.0. The molecular formula is C15H25NO. The first-order valence-electron chi connectivity index (χ1n) is 6.57. The number of ether oxygens (including phenoxy) is 1. The van der Waals surface area contributed by atoms with E-state index in [1.807, 2.05) is 6.07 Å². The topological polar surface area (TPSA) is 21.3 Å². The van der Waals surface area contributed by atoms with Gasteiger partial charge in [0, 0.05) is 18.2 Å². The Bertz CT molecular complexity index is 322. The summed E-state index contributed by atoms with van der Waals surface area (Å²) in [6.07, 6.45) is 1.15. The molecule has 0 saturated heterocycles. The van der Waals surface area contributed by atoms with Crippen LogP contribution >= 0.6 is 0 Å². The molecule has 1 unspecified atom stereocenters. The normalized spacial score (nSPS) is 12.8. The fourth-order valence-corrected chi connectivity index (χ4v) is 1.48. The lowest BCUT2D eigenvalue weighted by atomic mass is 10.1. The maximum absolute atomic E-state index is 5.82. The second kappa shape index (κ2) is 7.33. The van der Waals surface area contributed by atoms with Crippen LogP contribution in [-0.4, -0.2) is 12.6 Å². The maximum Gasteiger partial charge on any atom is 0.123 e. The van der Waals surface area contributed by atoms with Gasteiger partial charge in [0.25, 0.3) is 0 Å². The van der Waals surface area contributed by atoms with E-state index in [9.17, 15) is 0 Å². The van der Waals surface area contributed by atoms with Crippen molar-refractivity contribution in [1.82, 2.24) is 5.32 Å². The minimum atomic E-state index is 0.549. The molecule has 0 aromatic heterocycles.